The molecule has 0 radical (unpaired) electrons. The molecule has 2 aromatic rings. The van der Waals surface area contributed by atoms with Crippen LogP contribution >= 0.6 is 0 Å². The summed E-state index contributed by atoms with van der Waals surface area (Å²) < 4.78 is 5.12. The largest absolute Gasteiger partial charge is 0.385 e. The molecule has 1 heterocycles. The van der Waals surface area contributed by atoms with Crippen molar-refractivity contribution < 1.29 is 4.74 Å². The van der Waals surface area contributed by atoms with Crippen LogP contribution in [0.2, 0.25) is 0 Å². The summed E-state index contributed by atoms with van der Waals surface area (Å²) in [4.78, 5) is 14.9. The predicted octanol–water partition coefficient (Wildman–Crippen LogP) is 3.00. The molecule has 0 aliphatic heterocycles. The standard InChI is InChI=1S/C16H22N2O2/c1-16(2,8-9-20-3)11-17-14-10-12-6-4-5-7-13(12)15(19)18-14/h4-7,10H,8-9,11H2,1-3H3,(H2,17,18,19). The van der Waals surface area contributed by atoms with Gasteiger partial charge in [-0.2, -0.15) is 0 Å². The summed E-state index contributed by atoms with van der Waals surface area (Å²) in [6, 6.07) is 9.57. The first-order chi connectivity index (χ1) is 9.52. The van der Waals surface area contributed by atoms with Crippen LogP contribution in [0.15, 0.2) is 35.1 Å². The van der Waals surface area contributed by atoms with Crippen LogP contribution in [-0.2, 0) is 4.74 Å². The summed E-state index contributed by atoms with van der Waals surface area (Å²) in [6.45, 7) is 5.88. The molecule has 108 valence electrons. The van der Waals surface area contributed by atoms with Gasteiger partial charge in [0, 0.05) is 25.6 Å². The van der Waals surface area contributed by atoms with Crippen LogP contribution in [-0.4, -0.2) is 25.2 Å². The highest BCUT2D eigenvalue weighted by Crippen LogP contribution is 2.21. The molecule has 1 aromatic heterocycles. The van der Waals surface area contributed by atoms with Crippen molar-refractivity contribution >= 4 is 16.6 Å². The first kappa shape index (κ1) is 14.6. The molecular weight excluding hydrogens is 252 g/mol. The van der Waals surface area contributed by atoms with Gasteiger partial charge in [-0.15, -0.1) is 0 Å². The van der Waals surface area contributed by atoms with Crippen molar-refractivity contribution in [1.82, 2.24) is 4.98 Å². The molecular formula is C16H22N2O2. The number of hydrogen-bond donors (Lipinski definition) is 2. The van der Waals surface area contributed by atoms with E-state index in [0.29, 0.717) is 0 Å². The van der Waals surface area contributed by atoms with Crippen LogP contribution in [0, 0.1) is 5.41 Å². The fourth-order valence-electron chi connectivity index (χ4n) is 2.11. The maximum absolute atomic E-state index is 12.0. The number of methoxy groups -OCH3 is 1. The Morgan fingerprint density at radius 1 is 1.30 bits per heavy atom. The van der Waals surface area contributed by atoms with Gasteiger partial charge in [0.15, 0.2) is 0 Å². The number of H-pyrrole nitrogens is 1. The third-order valence-corrected chi connectivity index (χ3v) is 3.49. The van der Waals surface area contributed by atoms with Gasteiger partial charge >= 0.3 is 0 Å². The molecule has 2 N–H and O–H groups in total. The summed E-state index contributed by atoms with van der Waals surface area (Å²) in [5, 5.41) is 4.99. The molecule has 0 amide bonds. The van der Waals surface area contributed by atoms with Gasteiger partial charge in [0.25, 0.3) is 5.56 Å². The molecule has 20 heavy (non-hydrogen) atoms. The molecule has 0 bridgehead atoms. The molecule has 0 aliphatic carbocycles. The predicted molar refractivity (Wildman–Crippen MR) is 83.3 cm³/mol. The summed E-state index contributed by atoms with van der Waals surface area (Å²) >= 11 is 0. The fourth-order valence-corrected chi connectivity index (χ4v) is 2.11. The lowest BCUT2D eigenvalue weighted by Crippen LogP contribution is -2.25. The number of anilines is 1. The Kier molecular flexibility index (Phi) is 4.45. The Hall–Kier alpha value is -1.81. The zero-order valence-electron chi connectivity index (χ0n) is 12.3. The second-order valence-corrected chi connectivity index (χ2v) is 5.86. The first-order valence-corrected chi connectivity index (χ1v) is 6.87. The normalized spacial score (nSPS) is 11.8. The molecule has 0 aliphatic rings. The Morgan fingerprint density at radius 3 is 2.80 bits per heavy atom. The Labute approximate surface area is 119 Å². The van der Waals surface area contributed by atoms with E-state index in [4.69, 9.17) is 4.74 Å². The number of fused-ring (bicyclic) bond motifs is 1. The van der Waals surface area contributed by atoms with Crippen molar-refractivity contribution in [3.8, 4) is 0 Å². The van der Waals surface area contributed by atoms with Crippen LogP contribution < -0.4 is 10.9 Å². The number of rotatable bonds is 6. The van der Waals surface area contributed by atoms with Gasteiger partial charge in [-0.1, -0.05) is 32.0 Å². The molecule has 1 aromatic carbocycles. The van der Waals surface area contributed by atoms with Gasteiger partial charge in [-0.3, -0.25) is 4.79 Å². The van der Waals surface area contributed by atoms with E-state index in [-0.39, 0.29) is 11.0 Å². The third kappa shape index (κ3) is 3.61. The second-order valence-electron chi connectivity index (χ2n) is 5.86. The van der Waals surface area contributed by atoms with Crippen molar-refractivity contribution in [2.75, 3.05) is 25.6 Å². The molecule has 0 saturated carbocycles. The number of ether oxygens (including phenoxy) is 1. The number of hydrogen-bond acceptors (Lipinski definition) is 3. The average molecular weight is 274 g/mol. The third-order valence-electron chi connectivity index (χ3n) is 3.49. The number of benzene rings is 1. The maximum atomic E-state index is 12.0. The summed E-state index contributed by atoms with van der Waals surface area (Å²) in [6.07, 6.45) is 0.967. The lowest BCUT2D eigenvalue weighted by Gasteiger charge is -2.25. The second kappa shape index (κ2) is 6.09. The van der Waals surface area contributed by atoms with Crippen LogP contribution in [0.25, 0.3) is 10.8 Å². The molecule has 0 spiro atoms. The molecule has 4 nitrogen and oxygen atoms in total. The highest BCUT2D eigenvalue weighted by atomic mass is 16.5. The quantitative estimate of drug-likeness (QED) is 0.851. The maximum Gasteiger partial charge on any atom is 0.257 e. The van der Waals surface area contributed by atoms with E-state index in [1.165, 1.54) is 0 Å². The van der Waals surface area contributed by atoms with E-state index in [1.54, 1.807) is 7.11 Å². The lowest BCUT2D eigenvalue weighted by atomic mass is 9.90. The summed E-state index contributed by atoms with van der Waals surface area (Å²) in [7, 11) is 1.71. The van der Waals surface area contributed by atoms with Gasteiger partial charge in [0.1, 0.15) is 5.82 Å². The van der Waals surface area contributed by atoms with Gasteiger partial charge in [-0.25, -0.2) is 0 Å². The molecule has 0 atom stereocenters. The van der Waals surface area contributed by atoms with Crippen molar-refractivity contribution in [2.24, 2.45) is 5.41 Å². The van der Waals surface area contributed by atoms with Crippen LogP contribution in [0.3, 0.4) is 0 Å². The monoisotopic (exact) mass is 274 g/mol. The van der Waals surface area contributed by atoms with Crippen molar-refractivity contribution in [3.63, 3.8) is 0 Å². The molecule has 0 unspecified atom stereocenters. The Bertz CT molecular complexity index is 632. The molecule has 0 fully saturated rings. The minimum Gasteiger partial charge on any atom is -0.385 e. The van der Waals surface area contributed by atoms with Crippen LogP contribution in [0.5, 0.6) is 0 Å². The number of aromatic amines is 1. The SMILES string of the molecule is COCCC(C)(C)CNc1cc2ccccc2c(=O)[nH]1. The summed E-state index contributed by atoms with van der Waals surface area (Å²) in [5.74, 6) is 0.763. The molecule has 2 rings (SSSR count). The lowest BCUT2D eigenvalue weighted by molar-refractivity contribution is 0.157. The number of aromatic nitrogens is 1. The minimum atomic E-state index is -0.0553. The van der Waals surface area contributed by atoms with Crippen molar-refractivity contribution in [1.29, 1.82) is 0 Å². The van der Waals surface area contributed by atoms with Gasteiger partial charge in [0.2, 0.25) is 0 Å². The van der Waals surface area contributed by atoms with Crippen LogP contribution in [0.1, 0.15) is 20.3 Å². The fraction of sp³-hybridized carbons (Fsp3) is 0.438. The van der Waals surface area contributed by atoms with E-state index in [2.05, 4.69) is 24.1 Å². The van der Waals surface area contributed by atoms with E-state index in [1.807, 2.05) is 30.3 Å². The van der Waals surface area contributed by atoms with Gasteiger partial charge < -0.3 is 15.0 Å². The Morgan fingerprint density at radius 2 is 2.05 bits per heavy atom. The zero-order chi connectivity index (χ0) is 14.6. The molecule has 4 heteroatoms. The van der Waals surface area contributed by atoms with E-state index < -0.39 is 0 Å². The minimum absolute atomic E-state index is 0.0553. The van der Waals surface area contributed by atoms with E-state index in [9.17, 15) is 4.79 Å². The molecule has 0 saturated heterocycles. The van der Waals surface area contributed by atoms with E-state index >= 15 is 0 Å². The summed E-state index contributed by atoms with van der Waals surface area (Å²) in [5.41, 5.74) is 0.0544. The highest BCUT2D eigenvalue weighted by molar-refractivity contribution is 5.83. The van der Waals surface area contributed by atoms with Gasteiger partial charge in [-0.05, 0) is 29.4 Å². The topological polar surface area (TPSA) is 54.1 Å². The highest BCUT2D eigenvalue weighted by Gasteiger charge is 2.17. The van der Waals surface area contributed by atoms with Crippen molar-refractivity contribution in [3.05, 3.63) is 40.7 Å². The van der Waals surface area contributed by atoms with Crippen molar-refractivity contribution in [2.45, 2.75) is 20.3 Å². The first-order valence-electron chi connectivity index (χ1n) is 6.87. The number of pyridine rings is 1. The van der Waals surface area contributed by atoms with Gasteiger partial charge in [0.05, 0.1) is 0 Å². The Balaban J connectivity index is 2.12. The smallest absolute Gasteiger partial charge is 0.257 e. The zero-order valence-corrected chi connectivity index (χ0v) is 12.3. The van der Waals surface area contributed by atoms with Crippen LogP contribution in [0.4, 0.5) is 5.82 Å². The average Bonchev–Trinajstić information content (AvgIpc) is 2.43. The number of nitrogens with one attached hydrogen (secondary N) is 2. The van der Waals surface area contributed by atoms with E-state index in [0.717, 1.165) is 36.2 Å².